The lowest BCUT2D eigenvalue weighted by molar-refractivity contribution is -0.139. The molecule has 1 aromatic carbocycles. The SMILES string of the molecule is O=C(C[C@H]1CCCN1)N1CCN(S(=O)(=O)c2ccccc2C(F)(F)F)CC1. The molecule has 2 aliphatic heterocycles. The van der Waals surface area contributed by atoms with Gasteiger partial charge < -0.3 is 10.2 Å². The number of nitrogens with zero attached hydrogens (tertiary/aromatic N) is 2. The maximum atomic E-state index is 13.2. The molecule has 2 heterocycles. The van der Waals surface area contributed by atoms with Gasteiger partial charge in [0.2, 0.25) is 15.9 Å². The summed E-state index contributed by atoms with van der Waals surface area (Å²) in [7, 11) is -4.28. The average Bonchev–Trinajstić information content (AvgIpc) is 3.14. The van der Waals surface area contributed by atoms with Gasteiger partial charge in [-0.3, -0.25) is 4.79 Å². The summed E-state index contributed by atoms with van der Waals surface area (Å²) in [5.74, 6) is -0.0536. The Hall–Kier alpha value is -1.65. The summed E-state index contributed by atoms with van der Waals surface area (Å²) in [4.78, 5) is 13.2. The Morgan fingerprint density at radius 1 is 1.15 bits per heavy atom. The molecule has 1 N–H and O–H groups in total. The zero-order valence-electron chi connectivity index (χ0n) is 14.7. The highest BCUT2D eigenvalue weighted by Gasteiger charge is 2.39. The third-order valence-electron chi connectivity index (χ3n) is 4.99. The van der Waals surface area contributed by atoms with Crippen molar-refractivity contribution in [2.24, 2.45) is 0 Å². The Balaban J connectivity index is 1.68. The van der Waals surface area contributed by atoms with Crippen LogP contribution >= 0.6 is 0 Å². The van der Waals surface area contributed by atoms with Crippen LogP contribution in [0.1, 0.15) is 24.8 Å². The van der Waals surface area contributed by atoms with E-state index in [0.717, 1.165) is 41.9 Å². The number of sulfonamides is 1. The second kappa shape index (κ2) is 7.76. The van der Waals surface area contributed by atoms with Crippen molar-refractivity contribution < 1.29 is 26.4 Å². The van der Waals surface area contributed by atoms with Crippen molar-refractivity contribution in [1.29, 1.82) is 0 Å². The van der Waals surface area contributed by atoms with E-state index in [4.69, 9.17) is 0 Å². The van der Waals surface area contributed by atoms with Crippen molar-refractivity contribution in [3.63, 3.8) is 0 Å². The number of piperazine rings is 1. The summed E-state index contributed by atoms with van der Waals surface area (Å²) in [6.07, 6.45) is -2.42. The first-order valence-electron chi connectivity index (χ1n) is 8.87. The third kappa shape index (κ3) is 4.44. The van der Waals surface area contributed by atoms with Crippen LogP contribution in [-0.4, -0.2) is 62.3 Å². The molecule has 1 aromatic rings. The summed E-state index contributed by atoms with van der Waals surface area (Å²) >= 11 is 0. The number of rotatable bonds is 4. The van der Waals surface area contributed by atoms with E-state index >= 15 is 0 Å². The molecule has 2 fully saturated rings. The van der Waals surface area contributed by atoms with Crippen LogP contribution in [0, 0.1) is 0 Å². The number of carbonyl (C=O) groups excluding carboxylic acids is 1. The molecule has 0 radical (unpaired) electrons. The first-order valence-corrected chi connectivity index (χ1v) is 10.3. The summed E-state index contributed by atoms with van der Waals surface area (Å²) < 4.78 is 66.0. The molecule has 10 heteroatoms. The molecule has 150 valence electrons. The summed E-state index contributed by atoms with van der Waals surface area (Å²) in [5.41, 5.74) is -1.17. The number of hydrogen-bond donors (Lipinski definition) is 1. The van der Waals surface area contributed by atoms with Gasteiger partial charge in [-0.15, -0.1) is 0 Å². The topological polar surface area (TPSA) is 69.7 Å². The lowest BCUT2D eigenvalue weighted by Gasteiger charge is -2.34. The molecular formula is C17H22F3N3O3S. The first kappa shape index (κ1) is 20.1. The maximum Gasteiger partial charge on any atom is 0.417 e. The van der Waals surface area contributed by atoms with Crippen LogP contribution in [0.5, 0.6) is 0 Å². The molecule has 2 saturated heterocycles. The number of nitrogens with one attached hydrogen (secondary N) is 1. The van der Waals surface area contributed by atoms with Gasteiger partial charge >= 0.3 is 6.18 Å². The number of benzene rings is 1. The molecule has 0 saturated carbocycles. The van der Waals surface area contributed by atoms with E-state index in [1.54, 1.807) is 4.90 Å². The van der Waals surface area contributed by atoms with E-state index in [9.17, 15) is 26.4 Å². The molecule has 0 spiro atoms. The molecule has 0 bridgehead atoms. The lowest BCUT2D eigenvalue weighted by Crippen LogP contribution is -2.51. The summed E-state index contributed by atoms with van der Waals surface area (Å²) in [5, 5.41) is 3.24. The van der Waals surface area contributed by atoms with Crippen LogP contribution < -0.4 is 5.32 Å². The van der Waals surface area contributed by atoms with Gasteiger partial charge in [-0.05, 0) is 31.5 Å². The number of halogens is 3. The Morgan fingerprint density at radius 3 is 2.41 bits per heavy atom. The van der Waals surface area contributed by atoms with Crippen molar-refractivity contribution in [3.05, 3.63) is 29.8 Å². The highest BCUT2D eigenvalue weighted by Crippen LogP contribution is 2.35. The fraction of sp³-hybridized carbons (Fsp3) is 0.588. The van der Waals surface area contributed by atoms with Crippen LogP contribution in [-0.2, 0) is 21.0 Å². The molecule has 3 rings (SSSR count). The van der Waals surface area contributed by atoms with Crippen LogP contribution in [0.25, 0.3) is 0 Å². The molecular weight excluding hydrogens is 383 g/mol. The van der Waals surface area contributed by atoms with Crippen LogP contribution in [0.2, 0.25) is 0 Å². The van der Waals surface area contributed by atoms with Crippen LogP contribution in [0.3, 0.4) is 0 Å². The number of alkyl halides is 3. The fourth-order valence-electron chi connectivity index (χ4n) is 3.51. The second-order valence-corrected chi connectivity index (χ2v) is 8.68. The van der Waals surface area contributed by atoms with Gasteiger partial charge in [0.25, 0.3) is 0 Å². The largest absolute Gasteiger partial charge is 0.417 e. The predicted molar refractivity (Wildman–Crippen MR) is 92.4 cm³/mol. The minimum absolute atomic E-state index is 0.0155. The predicted octanol–water partition coefficient (Wildman–Crippen LogP) is 1.68. The monoisotopic (exact) mass is 405 g/mol. The molecule has 0 aromatic heterocycles. The second-order valence-electron chi connectivity index (χ2n) is 6.78. The number of amides is 1. The molecule has 2 aliphatic rings. The minimum Gasteiger partial charge on any atom is -0.340 e. The average molecular weight is 405 g/mol. The van der Waals surface area contributed by atoms with Gasteiger partial charge in [-0.25, -0.2) is 8.42 Å². The standard InChI is InChI=1S/C17H22F3N3O3S/c18-17(19,20)14-5-1-2-6-15(14)27(25,26)23-10-8-22(9-11-23)16(24)12-13-4-3-7-21-13/h1-2,5-6,13,21H,3-4,7-12H2/t13-/m1/s1. The van der Waals surface area contributed by atoms with E-state index in [2.05, 4.69) is 5.32 Å². The highest BCUT2D eigenvalue weighted by atomic mass is 32.2. The normalized spacial score (nSPS) is 22.2. The van der Waals surface area contributed by atoms with E-state index in [1.165, 1.54) is 6.07 Å². The van der Waals surface area contributed by atoms with Crippen molar-refractivity contribution in [3.8, 4) is 0 Å². The van der Waals surface area contributed by atoms with Crippen molar-refractivity contribution in [2.45, 2.75) is 36.4 Å². The number of carbonyl (C=O) groups is 1. The van der Waals surface area contributed by atoms with E-state index in [-0.39, 0.29) is 38.1 Å². The van der Waals surface area contributed by atoms with Gasteiger partial charge in [0, 0.05) is 38.6 Å². The Morgan fingerprint density at radius 2 is 1.81 bits per heavy atom. The van der Waals surface area contributed by atoms with E-state index in [0.29, 0.717) is 6.42 Å². The molecule has 6 nitrogen and oxygen atoms in total. The Bertz CT molecular complexity index is 784. The maximum absolute atomic E-state index is 13.2. The molecule has 1 amide bonds. The van der Waals surface area contributed by atoms with Crippen molar-refractivity contribution >= 4 is 15.9 Å². The minimum atomic E-state index is -4.75. The quantitative estimate of drug-likeness (QED) is 0.828. The lowest BCUT2D eigenvalue weighted by atomic mass is 10.1. The fourth-order valence-corrected chi connectivity index (χ4v) is 5.15. The first-order chi connectivity index (χ1) is 12.7. The Labute approximate surface area is 156 Å². The summed E-state index contributed by atoms with van der Waals surface area (Å²) in [6, 6.07) is 4.33. The molecule has 0 unspecified atom stereocenters. The summed E-state index contributed by atoms with van der Waals surface area (Å²) in [6.45, 7) is 1.22. The third-order valence-corrected chi connectivity index (χ3v) is 6.94. The Kier molecular flexibility index (Phi) is 5.78. The molecule has 1 atom stereocenters. The van der Waals surface area contributed by atoms with Gasteiger partial charge in [-0.1, -0.05) is 12.1 Å². The van der Waals surface area contributed by atoms with Crippen LogP contribution in [0.15, 0.2) is 29.2 Å². The van der Waals surface area contributed by atoms with E-state index in [1.807, 2.05) is 0 Å². The van der Waals surface area contributed by atoms with Gasteiger partial charge in [0.15, 0.2) is 0 Å². The molecule has 27 heavy (non-hydrogen) atoms. The van der Waals surface area contributed by atoms with Crippen LogP contribution in [0.4, 0.5) is 13.2 Å². The molecule has 0 aliphatic carbocycles. The van der Waals surface area contributed by atoms with Crippen molar-refractivity contribution in [1.82, 2.24) is 14.5 Å². The highest BCUT2D eigenvalue weighted by molar-refractivity contribution is 7.89. The zero-order valence-corrected chi connectivity index (χ0v) is 15.5. The van der Waals surface area contributed by atoms with Crippen molar-refractivity contribution in [2.75, 3.05) is 32.7 Å². The van der Waals surface area contributed by atoms with Gasteiger partial charge in [0.1, 0.15) is 0 Å². The number of hydrogen-bond acceptors (Lipinski definition) is 4. The van der Waals surface area contributed by atoms with Gasteiger partial charge in [0.05, 0.1) is 10.5 Å². The smallest absolute Gasteiger partial charge is 0.340 e. The van der Waals surface area contributed by atoms with Gasteiger partial charge in [-0.2, -0.15) is 17.5 Å². The van der Waals surface area contributed by atoms with E-state index < -0.39 is 26.7 Å². The zero-order chi connectivity index (χ0) is 19.7.